The Kier molecular flexibility index (Phi) is 5.30. The highest BCUT2D eigenvalue weighted by molar-refractivity contribution is 8.00. The minimum atomic E-state index is -1.18. The quantitative estimate of drug-likeness (QED) is 0.600. The van der Waals surface area contributed by atoms with Crippen molar-refractivity contribution in [3.05, 3.63) is 47.2 Å². The van der Waals surface area contributed by atoms with E-state index in [1.54, 1.807) is 24.3 Å². The van der Waals surface area contributed by atoms with Crippen molar-refractivity contribution in [1.29, 1.82) is 0 Å². The Labute approximate surface area is 154 Å². The molecule has 138 valence electrons. The molecule has 0 saturated carbocycles. The van der Waals surface area contributed by atoms with E-state index < -0.39 is 35.2 Å². The second kappa shape index (κ2) is 7.48. The van der Waals surface area contributed by atoms with Gasteiger partial charge in [0.15, 0.2) is 0 Å². The lowest BCUT2D eigenvalue weighted by atomic mass is 10.0. The number of carboxylic acids is 1. The van der Waals surface area contributed by atoms with E-state index in [1.807, 2.05) is 6.07 Å². The van der Waals surface area contributed by atoms with Crippen LogP contribution in [0.1, 0.15) is 11.6 Å². The minimum absolute atomic E-state index is 0.0570. The summed E-state index contributed by atoms with van der Waals surface area (Å²) in [7, 11) is 1.47. The van der Waals surface area contributed by atoms with Gasteiger partial charge in [-0.3, -0.25) is 14.5 Å². The third-order valence-corrected chi connectivity index (χ3v) is 5.65. The highest BCUT2D eigenvalue weighted by atomic mass is 32.2. The lowest BCUT2D eigenvalue weighted by Gasteiger charge is -2.49. The highest BCUT2D eigenvalue weighted by Crippen LogP contribution is 2.40. The number of nitrogens with zero attached hydrogens (tertiary/aromatic N) is 1. The van der Waals surface area contributed by atoms with Gasteiger partial charge in [0.2, 0.25) is 5.91 Å². The molecule has 0 spiro atoms. The Balaban J connectivity index is 1.73. The molecular weight excluding hydrogens is 358 g/mol. The van der Waals surface area contributed by atoms with E-state index in [2.05, 4.69) is 5.32 Å². The average molecular weight is 377 g/mol. The van der Waals surface area contributed by atoms with Gasteiger partial charge in [0, 0.05) is 12.9 Å². The monoisotopic (exact) mass is 377 g/mol. The molecule has 0 bridgehead atoms. The van der Waals surface area contributed by atoms with Crippen molar-refractivity contribution in [2.24, 2.45) is 5.73 Å². The largest absolute Gasteiger partial charge is 0.477 e. The molecule has 0 radical (unpaired) electrons. The summed E-state index contributed by atoms with van der Waals surface area (Å²) in [6, 6.07) is 7.14. The number of benzene rings is 1. The summed E-state index contributed by atoms with van der Waals surface area (Å²) in [4.78, 5) is 37.6. The van der Waals surface area contributed by atoms with Crippen molar-refractivity contribution in [2.45, 2.75) is 17.5 Å². The first-order chi connectivity index (χ1) is 12.5. The first kappa shape index (κ1) is 18.4. The molecular formula is C17H19N3O5S. The molecule has 2 amide bonds. The Hall–Kier alpha value is -2.36. The van der Waals surface area contributed by atoms with Crippen LogP contribution in [0, 0.1) is 0 Å². The van der Waals surface area contributed by atoms with E-state index in [0.717, 1.165) is 0 Å². The molecule has 2 aliphatic heterocycles. The standard InChI is InChI=1S/C17H19N3O5S/c1-25-7-10-8-26-16-12(15(22)20(16)13(10)17(23)24)19-14(21)11(18)9-5-3-2-4-6-9/h2-6,11-12,16H,7-8,18H2,1H3,(H,19,21)(H,23,24)/t11?,12?,16-/m0/s1. The first-order valence-electron chi connectivity index (χ1n) is 7.95. The van der Waals surface area contributed by atoms with Crippen LogP contribution >= 0.6 is 11.8 Å². The smallest absolute Gasteiger partial charge is 0.352 e. The SMILES string of the molecule is COCC1=C(C(=O)O)N2C(=O)C(NC(=O)C(N)c3ccccc3)[C@@H]2SC1. The summed E-state index contributed by atoms with van der Waals surface area (Å²) in [5.41, 5.74) is 7.07. The molecule has 26 heavy (non-hydrogen) atoms. The minimum Gasteiger partial charge on any atom is -0.477 e. The summed E-state index contributed by atoms with van der Waals surface area (Å²) >= 11 is 1.39. The topological polar surface area (TPSA) is 122 Å². The van der Waals surface area contributed by atoms with Gasteiger partial charge < -0.3 is 20.9 Å². The van der Waals surface area contributed by atoms with Gasteiger partial charge in [-0.2, -0.15) is 0 Å². The van der Waals surface area contributed by atoms with Crippen molar-refractivity contribution in [1.82, 2.24) is 10.2 Å². The number of aliphatic carboxylic acids is 1. The maximum atomic E-state index is 12.5. The number of hydrogen-bond donors (Lipinski definition) is 3. The Morgan fingerprint density at radius 3 is 2.73 bits per heavy atom. The summed E-state index contributed by atoms with van der Waals surface area (Å²) in [5, 5.41) is 11.6. The van der Waals surface area contributed by atoms with Gasteiger partial charge >= 0.3 is 5.97 Å². The molecule has 1 aromatic rings. The Morgan fingerprint density at radius 1 is 1.42 bits per heavy atom. The van der Waals surface area contributed by atoms with Gasteiger partial charge in [-0.05, 0) is 11.1 Å². The second-order valence-corrected chi connectivity index (χ2v) is 7.08. The average Bonchev–Trinajstić information content (AvgIpc) is 2.65. The number of β-lactam (4-membered cyclic amide) rings is 1. The number of amides is 2. The highest BCUT2D eigenvalue weighted by Gasteiger charge is 2.54. The molecule has 9 heteroatoms. The lowest BCUT2D eigenvalue weighted by Crippen LogP contribution is -2.71. The van der Waals surface area contributed by atoms with E-state index in [0.29, 0.717) is 16.9 Å². The van der Waals surface area contributed by atoms with Gasteiger partial charge in [0.25, 0.3) is 5.91 Å². The van der Waals surface area contributed by atoms with Crippen LogP contribution in [0.5, 0.6) is 0 Å². The number of carbonyl (C=O) groups excluding carboxylic acids is 2. The number of hydrogen-bond acceptors (Lipinski definition) is 6. The zero-order valence-corrected chi connectivity index (χ0v) is 14.9. The van der Waals surface area contributed by atoms with Crippen molar-refractivity contribution in [3.63, 3.8) is 0 Å². The molecule has 2 heterocycles. The van der Waals surface area contributed by atoms with E-state index >= 15 is 0 Å². The van der Waals surface area contributed by atoms with Gasteiger partial charge in [0.05, 0.1) is 6.61 Å². The summed E-state index contributed by atoms with van der Waals surface area (Å²) < 4.78 is 5.02. The number of nitrogens with two attached hydrogens (primary N) is 1. The van der Waals surface area contributed by atoms with E-state index in [1.165, 1.54) is 23.8 Å². The van der Waals surface area contributed by atoms with Crippen molar-refractivity contribution in [3.8, 4) is 0 Å². The van der Waals surface area contributed by atoms with Crippen LogP contribution in [0.3, 0.4) is 0 Å². The molecule has 3 atom stereocenters. The first-order valence-corrected chi connectivity index (χ1v) is 9.00. The maximum absolute atomic E-state index is 12.5. The van der Waals surface area contributed by atoms with Crippen LogP contribution in [0.4, 0.5) is 0 Å². The van der Waals surface area contributed by atoms with Crippen LogP contribution in [-0.2, 0) is 19.1 Å². The number of nitrogens with one attached hydrogen (secondary N) is 1. The summed E-state index contributed by atoms with van der Waals surface area (Å²) in [6.07, 6.45) is 0. The van der Waals surface area contributed by atoms with Gasteiger partial charge in [-0.1, -0.05) is 30.3 Å². The molecule has 2 aliphatic rings. The fourth-order valence-corrected chi connectivity index (χ4v) is 4.35. The number of rotatable bonds is 6. The van der Waals surface area contributed by atoms with Gasteiger partial charge in [0.1, 0.15) is 23.2 Å². The van der Waals surface area contributed by atoms with Crippen LogP contribution in [0.2, 0.25) is 0 Å². The predicted octanol–water partition coefficient (Wildman–Crippen LogP) is 0.0714. The Bertz CT molecular complexity index is 767. The van der Waals surface area contributed by atoms with Crippen LogP contribution in [0.25, 0.3) is 0 Å². The fourth-order valence-electron chi connectivity index (χ4n) is 3.02. The second-order valence-electron chi connectivity index (χ2n) is 5.97. The molecule has 0 aromatic heterocycles. The van der Waals surface area contributed by atoms with E-state index in [4.69, 9.17) is 10.5 Å². The number of carbonyl (C=O) groups is 3. The van der Waals surface area contributed by atoms with Crippen molar-refractivity contribution < 1.29 is 24.2 Å². The van der Waals surface area contributed by atoms with Gasteiger partial charge in [-0.15, -0.1) is 11.8 Å². The number of methoxy groups -OCH3 is 1. The number of thioether (sulfide) groups is 1. The number of carboxylic acid groups (broad SMARTS) is 1. The molecule has 1 aromatic carbocycles. The maximum Gasteiger partial charge on any atom is 0.352 e. The Morgan fingerprint density at radius 2 is 2.12 bits per heavy atom. The molecule has 3 rings (SSSR count). The molecule has 1 saturated heterocycles. The molecule has 1 fully saturated rings. The van der Waals surface area contributed by atoms with Crippen LogP contribution < -0.4 is 11.1 Å². The molecule has 4 N–H and O–H groups in total. The predicted molar refractivity (Wildman–Crippen MR) is 94.9 cm³/mol. The molecule has 0 aliphatic carbocycles. The fraction of sp³-hybridized carbons (Fsp3) is 0.353. The van der Waals surface area contributed by atoms with E-state index in [-0.39, 0.29) is 12.3 Å². The lowest BCUT2D eigenvalue weighted by molar-refractivity contribution is -0.151. The number of ether oxygens (including phenoxy) is 1. The normalized spacial score (nSPS) is 23.2. The van der Waals surface area contributed by atoms with Crippen LogP contribution in [0.15, 0.2) is 41.6 Å². The third-order valence-electron chi connectivity index (χ3n) is 4.31. The van der Waals surface area contributed by atoms with Crippen molar-refractivity contribution >= 4 is 29.5 Å². The van der Waals surface area contributed by atoms with E-state index in [9.17, 15) is 19.5 Å². The zero-order valence-electron chi connectivity index (χ0n) is 14.0. The van der Waals surface area contributed by atoms with Crippen LogP contribution in [-0.4, -0.2) is 58.7 Å². The zero-order chi connectivity index (χ0) is 18.8. The number of fused-ring (bicyclic) bond motifs is 1. The molecule has 8 nitrogen and oxygen atoms in total. The summed E-state index contributed by atoms with van der Waals surface area (Å²) in [5.74, 6) is -1.69. The molecule has 2 unspecified atom stereocenters. The third kappa shape index (κ3) is 3.20. The van der Waals surface area contributed by atoms with Crippen molar-refractivity contribution in [2.75, 3.05) is 19.5 Å². The summed E-state index contributed by atoms with van der Waals surface area (Å²) in [6.45, 7) is 0.140. The van der Waals surface area contributed by atoms with Gasteiger partial charge in [-0.25, -0.2) is 4.79 Å².